The highest BCUT2D eigenvalue weighted by Crippen LogP contribution is 2.19. The van der Waals surface area contributed by atoms with Gasteiger partial charge in [0.05, 0.1) is 6.10 Å². The van der Waals surface area contributed by atoms with Gasteiger partial charge in [-0.15, -0.1) is 11.3 Å². The third kappa shape index (κ3) is 6.66. The van der Waals surface area contributed by atoms with Crippen LogP contribution in [0.5, 0.6) is 0 Å². The van der Waals surface area contributed by atoms with Crippen molar-refractivity contribution in [2.45, 2.75) is 31.9 Å². The molecule has 0 unspecified atom stereocenters. The number of rotatable bonds is 8. The van der Waals surface area contributed by atoms with Crippen molar-refractivity contribution in [1.82, 2.24) is 14.8 Å². The Balaban J connectivity index is 1.07. The van der Waals surface area contributed by atoms with Crippen LogP contribution in [-0.4, -0.2) is 79.3 Å². The van der Waals surface area contributed by atoms with Crippen LogP contribution in [-0.2, 0) is 11.3 Å². The Labute approximate surface area is 189 Å². The number of thiazole rings is 1. The number of guanidine groups is 1. The highest BCUT2D eigenvalue weighted by molar-refractivity contribution is 7.13. The topological polar surface area (TPSA) is 70.2 Å². The quantitative estimate of drug-likeness (QED) is 0.385. The molecule has 0 spiro atoms. The van der Waals surface area contributed by atoms with Crippen LogP contribution >= 0.6 is 11.3 Å². The first-order valence-electron chi connectivity index (χ1n) is 11.3. The maximum atomic E-state index is 6.21. The molecule has 2 aliphatic heterocycles. The zero-order valence-corrected chi connectivity index (χ0v) is 19.1. The second-order valence-corrected chi connectivity index (χ2v) is 9.09. The molecule has 31 heavy (non-hydrogen) atoms. The summed E-state index contributed by atoms with van der Waals surface area (Å²) in [4.78, 5) is 16.0. The maximum Gasteiger partial charge on any atom is 0.191 e. The lowest BCUT2D eigenvalue weighted by Gasteiger charge is -2.35. The monoisotopic (exact) mass is 442 g/mol. The van der Waals surface area contributed by atoms with E-state index in [2.05, 4.69) is 55.0 Å². The van der Waals surface area contributed by atoms with Gasteiger partial charge in [0, 0.05) is 70.5 Å². The van der Waals surface area contributed by atoms with Crippen molar-refractivity contribution in [2.24, 2.45) is 10.7 Å². The zero-order chi connectivity index (χ0) is 21.3. The normalized spacial score (nSPS) is 19.2. The lowest BCUT2D eigenvalue weighted by Crippen LogP contribution is -2.51. The second-order valence-electron chi connectivity index (χ2n) is 8.21. The standard InChI is InChI=1S/C23H34N6OS/c24-22(28-13-15-29(16-14-28)23-26-10-18-31-23)25-9-4-17-30-21-7-11-27(12-8-21)19-20-5-2-1-3-6-20/h1-3,5-6,10,18,21H,4,7-9,11-17,19H2,(H2,24,25). The summed E-state index contributed by atoms with van der Waals surface area (Å²) in [5.74, 6) is 0.660. The van der Waals surface area contributed by atoms with E-state index in [1.54, 1.807) is 11.3 Å². The van der Waals surface area contributed by atoms with Gasteiger partial charge in [-0.2, -0.15) is 0 Å². The molecule has 2 fully saturated rings. The lowest BCUT2D eigenvalue weighted by atomic mass is 10.1. The van der Waals surface area contributed by atoms with Crippen molar-refractivity contribution in [1.29, 1.82) is 0 Å². The summed E-state index contributed by atoms with van der Waals surface area (Å²) in [5, 5.41) is 3.12. The summed E-state index contributed by atoms with van der Waals surface area (Å²) < 4.78 is 6.10. The van der Waals surface area contributed by atoms with Gasteiger partial charge >= 0.3 is 0 Å². The molecule has 2 saturated heterocycles. The highest BCUT2D eigenvalue weighted by Gasteiger charge is 2.21. The lowest BCUT2D eigenvalue weighted by molar-refractivity contribution is 0.00565. The molecular formula is C23H34N6OS. The number of anilines is 1. The number of nitrogens with two attached hydrogens (primary N) is 1. The van der Waals surface area contributed by atoms with E-state index in [-0.39, 0.29) is 0 Å². The molecule has 0 radical (unpaired) electrons. The number of nitrogens with zero attached hydrogens (tertiary/aromatic N) is 5. The molecule has 4 rings (SSSR count). The van der Waals surface area contributed by atoms with E-state index in [1.807, 2.05) is 11.6 Å². The summed E-state index contributed by atoms with van der Waals surface area (Å²) in [5.41, 5.74) is 7.60. The van der Waals surface area contributed by atoms with Gasteiger partial charge in [-0.25, -0.2) is 4.98 Å². The van der Waals surface area contributed by atoms with Crippen molar-refractivity contribution in [3.63, 3.8) is 0 Å². The molecule has 3 heterocycles. The Kier molecular flexibility index (Phi) is 8.15. The molecule has 0 bridgehead atoms. The smallest absolute Gasteiger partial charge is 0.191 e. The summed E-state index contributed by atoms with van der Waals surface area (Å²) in [6, 6.07) is 10.7. The molecule has 2 aliphatic rings. The largest absolute Gasteiger partial charge is 0.378 e. The number of aliphatic imine (C=N–C) groups is 1. The minimum atomic E-state index is 0.382. The molecule has 7 nitrogen and oxygen atoms in total. The van der Waals surface area contributed by atoms with Gasteiger partial charge in [0.25, 0.3) is 0 Å². The van der Waals surface area contributed by atoms with Gasteiger partial charge in [0.1, 0.15) is 0 Å². The van der Waals surface area contributed by atoms with Crippen molar-refractivity contribution >= 4 is 22.4 Å². The Morgan fingerprint density at radius 1 is 1.10 bits per heavy atom. The Morgan fingerprint density at radius 2 is 1.87 bits per heavy atom. The number of ether oxygens (including phenoxy) is 1. The van der Waals surface area contributed by atoms with Crippen molar-refractivity contribution in [3.8, 4) is 0 Å². The van der Waals surface area contributed by atoms with Gasteiger partial charge in [-0.1, -0.05) is 30.3 Å². The second kappa shape index (κ2) is 11.5. The van der Waals surface area contributed by atoms with Gasteiger partial charge in [-0.3, -0.25) is 9.89 Å². The van der Waals surface area contributed by atoms with Crippen molar-refractivity contribution in [3.05, 3.63) is 47.5 Å². The molecule has 168 valence electrons. The van der Waals surface area contributed by atoms with Crippen molar-refractivity contribution < 1.29 is 4.74 Å². The van der Waals surface area contributed by atoms with Crippen molar-refractivity contribution in [2.75, 3.05) is 57.3 Å². The van der Waals surface area contributed by atoms with Crippen LogP contribution in [0.1, 0.15) is 24.8 Å². The van der Waals surface area contributed by atoms with E-state index in [9.17, 15) is 0 Å². The number of hydrogen-bond acceptors (Lipinski definition) is 6. The number of benzene rings is 1. The fourth-order valence-electron chi connectivity index (χ4n) is 4.18. The zero-order valence-electron chi connectivity index (χ0n) is 18.2. The summed E-state index contributed by atoms with van der Waals surface area (Å²) in [7, 11) is 0. The Bertz CT molecular complexity index is 784. The van der Waals surface area contributed by atoms with Gasteiger partial charge in [0.15, 0.2) is 11.1 Å². The van der Waals surface area contributed by atoms with Gasteiger partial charge < -0.3 is 20.3 Å². The Morgan fingerprint density at radius 3 is 2.58 bits per heavy atom. The average molecular weight is 443 g/mol. The van der Waals surface area contributed by atoms with Crippen LogP contribution < -0.4 is 10.6 Å². The minimum absolute atomic E-state index is 0.382. The molecule has 2 aromatic rings. The third-order valence-electron chi connectivity index (χ3n) is 6.01. The summed E-state index contributed by atoms with van der Waals surface area (Å²) >= 11 is 1.69. The number of piperidine rings is 1. The molecule has 0 aliphatic carbocycles. The van der Waals surface area contributed by atoms with E-state index >= 15 is 0 Å². The van der Waals surface area contributed by atoms with Crippen LogP contribution in [0.4, 0.5) is 5.13 Å². The number of aromatic nitrogens is 1. The predicted molar refractivity (Wildman–Crippen MR) is 128 cm³/mol. The molecule has 1 aromatic heterocycles. The first-order chi connectivity index (χ1) is 15.3. The average Bonchev–Trinajstić information content (AvgIpc) is 3.36. The number of likely N-dealkylation sites (tertiary alicyclic amines) is 1. The molecule has 1 aromatic carbocycles. The number of hydrogen-bond donors (Lipinski definition) is 1. The highest BCUT2D eigenvalue weighted by atomic mass is 32.1. The number of piperazine rings is 1. The summed E-state index contributed by atoms with van der Waals surface area (Å²) in [6.07, 6.45) is 5.39. The van der Waals surface area contributed by atoms with Crippen LogP contribution in [0.3, 0.4) is 0 Å². The minimum Gasteiger partial charge on any atom is -0.378 e. The van der Waals surface area contributed by atoms with Crippen LogP contribution in [0.15, 0.2) is 46.9 Å². The first-order valence-corrected chi connectivity index (χ1v) is 12.2. The molecule has 0 atom stereocenters. The summed E-state index contributed by atoms with van der Waals surface area (Å²) in [6.45, 7) is 8.42. The molecule has 0 amide bonds. The van der Waals surface area contributed by atoms with E-state index in [1.165, 1.54) is 5.56 Å². The SMILES string of the molecule is NC(=NCCCOC1CCN(Cc2ccccc2)CC1)N1CCN(c2nccs2)CC1. The van der Waals surface area contributed by atoms with E-state index in [4.69, 9.17) is 10.5 Å². The fourth-order valence-corrected chi connectivity index (χ4v) is 4.88. The Hall–Kier alpha value is -2.16. The van der Waals surface area contributed by atoms with Gasteiger partial charge in [-0.05, 0) is 24.8 Å². The first kappa shape index (κ1) is 22.0. The van der Waals surface area contributed by atoms with E-state index < -0.39 is 0 Å². The van der Waals surface area contributed by atoms with Gasteiger partial charge in [0.2, 0.25) is 0 Å². The molecule has 8 heteroatoms. The fraction of sp³-hybridized carbons (Fsp3) is 0.565. The molecule has 2 N–H and O–H groups in total. The predicted octanol–water partition coefficient (Wildman–Crippen LogP) is 2.65. The van der Waals surface area contributed by atoms with E-state index in [0.29, 0.717) is 12.1 Å². The third-order valence-corrected chi connectivity index (χ3v) is 6.84. The maximum absolute atomic E-state index is 6.21. The van der Waals surface area contributed by atoms with E-state index in [0.717, 1.165) is 83.4 Å². The molecular weight excluding hydrogens is 408 g/mol. The molecule has 0 saturated carbocycles. The van der Waals surface area contributed by atoms with Crippen LogP contribution in [0.2, 0.25) is 0 Å². The van der Waals surface area contributed by atoms with Crippen LogP contribution in [0.25, 0.3) is 0 Å². The van der Waals surface area contributed by atoms with Crippen LogP contribution in [0, 0.1) is 0 Å².